The van der Waals surface area contributed by atoms with Crippen LogP contribution in [0.5, 0.6) is 5.75 Å². The Bertz CT molecular complexity index is 962. The fourth-order valence-corrected chi connectivity index (χ4v) is 3.29. The normalized spacial score (nSPS) is 10.9. The zero-order valence-corrected chi connectivity index (χ0v) is 15.5. The summed E-state index contributed by atoms with van der Waals surface area (Å²) in [5, 5.41) is 7.76. The number of rotatable bonds is 5. The van der Waals surface area contributed by atoms with Crippen LogP contribution in [-0.2, 0) is 13.7 Å². The van der Waals surface area contributed by atoms with Crippen molar-refractivity contribution in [1.29, 1.82) is 0 Å². The second-order valence-corrected chi connectivity index (χ2v) is 6.66. The number of benzene rings is 2. The molecule has 7 heteroatoms. The van der Waals surface area contributed by atoms with E-state index < -0.39 is 0 Å². The van der Waals surface area contributed by atoms with Gasteiger partial charge >= 0.3 is 5.69 Å². The molecule has 1 aromatic heterocycles. The first-order valence-electron chi connectivity index (χ1n) is 7.86. The first-order valence-corrected chi connectivity index (χ1v) is 9.09. The number of hydrogen-bond donors (Lipinski definition) is 0. The SMILES string of the molecule is CSc1cccc(-n2nnn(C)c2=O)c1COc1ccc(C)cc1C. The van der Waals surface area contributed by atoms with Crippen molar-refractivity contribution in [2.45, 2.75) is 25.3 Å². The second kappa shape index (κ2) is 7.14. The van der Waals surface area contributed by atoms with Gasteiger partial charge < -0.3 is 4.74 Å². The van der Waals surface area contributed by atoms with Crippen LogP contribution in [0.2, 0.25) is 0 Å². The number of thioether (sulfide) groups is 1. The van der Waals surface area contributed by atoms with Gasteiger partial charge in [0.2, 0.25) is 0 Å². The van der Waals surface area contributed by atoms with Gasteiger partial charge in [-0.25, -0.2) is 4.79 Å². The molecular weight excluding hydrogens is 336 g/mol. The van der Waals surface area contributed by atoms with E-state index in [1.54, 1.807) is 18.8 Å². The molecule has 0 atom stereocenters. The van der Waals surface area contributed by atoms with Crippen molar-refractivity contribution >= 4 is 11.8 Å². The summed E-state index contributed by atoms with van der Waals surface area (Å²) in [5.41, 5.74) is 3.60. The molecule has 0 saturated heterocycles. The molecule has 0 amide bonds. The molecule has 0 aliphatic rings. The minimum absolute atomic E-state index is 0.286. The van der Waals surface area contributed by atoms with E-state index in [1.165, 1.54) is 14.9 Å². The molecule has 0 aliphatic carbocycles. The first kappa shape index (κ1) is 17.3. The zero-order chi connectivity index (χ0) is 18.0. The molecule has 25 heavy (non-hydrogen) atoms. The van der Waals surface area contributed by atoms with Gasteiger partial charge in [-0.2, -0.15) is 9.36 Å². The Kier molecular flexibility index (Phi) is 4.94. The van der Waals surface area contributed by atoms with Crippen LogP contribution in [0.1, 0.15) is 16.7 Å². The van der Waals surface area contributed by atoms with Gasteiger partial charge in [0.05, 0.1) is 5.69 Å². The highest BCUT2D eigenvalue weighted by atomic mass is 32.2. The standard InChI is InChI=1S/C18H20N4O2S/c1-12-8-9-16(13(2)10-12)24-11-14-15(6-5-7-17(14)25-4)22-18(23)21(3)19-20-22/h5-10H,11H2,1-4H3. The molecule has 0 radical (unpaired) electrons. The van der Waals surface area contributed by atoms with Gasteiger partial charge in [-0.1, -0.05) is 23.8 Å². The van der Waals surface area contributed by atoms with Crippen molar-refractivity contribution < 1.29 is 4.74 Å². The summed E-state index contributed by atoms with van der Waals surface area (Å²) in [4.78, 5) is 13.3. The van der Waals surface area contributed by atoms with Gasteiger partial charge in [0, 0.05) is 17.5 Å². The summed E-state index contributed by atoms with van der Waals surface area (Å²) >= 11 is 1.61. The minimum Gasteiger partial charge on any atom is -0.489 e. The third-order valence-corrected chi connectivity index (χ3v) is 4.80. The summed E-state index contributed by atoms with van der Waals surface area (Å²) in [7, 11) is 1.58. The number of nitrogens with zero attached hydrogens (tertiary/aromatic N) is 4. The Morgan fingerprint density at radius 3 is 2.60 bits per heavy atom. The summed E-state index contributed by atoms with van der Waals surface area (Å²) < 4.78 is 8.56. The van der Waals surface area contributed by atoms with Gasteiger partial charge in [0.1, 0.15) is 12.4 Å². The molecule has 0 unspecified atom stereocenters. The van der Waals surface area contributed by atoms with Gasteiger partial charge in [0.15, 0.2) is 0 Å². The third-order valence-electron chi connectivity index (χ3n) is 3.98. The molecule has 0 bridgehead atoms. The van der Waals surface area contributed by atoms with Crippen LogP contribution in [0.3, 0.4) is 0 Å². The molecule has 3 aromatic rings. The van der Waals surface area contributed by atoms with Crippen LogP contribution >= 0.6 is 11.8 Å². The van der Waals surface area contributed by atoms with E-state index in [0.29, 0.717) is 12.3 Å². The van der Waals surface area contributed by atoms with Gasteiger partial charge in [-0.05, 0) is 54.3 Å². The Hall–Kier alpha value is -2.54. The zero-order valence-electron chi connectivity index (χ0n) is 14.7. The number of hydrogen-bond acceptors (Lipinski definition) is 5. The van der Waals surface area contributed by atoms with Crippen molar-refractivity contribution in [1.82, 2.24) is 19.8 Å². The largest absolute Gasteiger partial charge is 0.489 e. The predicted octanol–water partition coefficient (Wildman–Crippen LogP) is 2.88. The molecular formula is C18H20N4O2S. The van der Waals surface area contributed by atoms with E-state index in [9.17, 15) is 4.79 Å². The molecule has 6 nitrogen and oxygen atoms in total. The summed E-state index contributed by atoms with van der Waals surface area (Å²) in [6.07, 6.45) is 2.00. The topological polar surface area (TPSA) is 61.9 Å². The maximum absolute atomic E-state index is 12.2. The highest BCUT2D eigenvalue weighted by Crippen LogP contribution is 2.28. The Morgan fingerprint density at radius 2 is 1.96 bits per heavy atom. The van der Waals surface area contributed by atoms with Crippen LogP contribution in [0.25, 0.3) is 5.69 Å². The summed E-state index contributed by atoms with van der Waals surface area (Å²) in [5.74, 6) is 0.832. The molecule has 130 valence electrons. The van der Waals surface area contributed by atoms with Crippen molar-refractivity contribution in [3.05, 3.63) is 63.6 Å². The molecule has 0 fully saturated rings. The number of aromatic nitrogens is 4. The van der Waals surface area contributed by atoms with Crippen molar-refractivity contribution in [2.24, 2.45) is 7.05 Å². The van der Waals surface area contributed by atoms with Crippen LogP contribution in [0.15, 0.2) is 46.1 Å². The average Bonchev–Trinajstić information content (AvgIpc) is 2.93. The third kappa shape index (κ3) is 3.46. The Labute approximate surface area is 150 Å². The first-order chi connectivity index (χ1) is 12.0. The molecule has 0 spiro atoms. The van der Waals surface area contributed by atoms with E-state index in [0.717, 1.165) is 21.8 Å². The fraction of sp³-hybridized carbons (Fsp3) is 0.278. The fourth-order valence-electron chi connectivity index (χ4n) is 2.66. The lowest BCUT2D eigenvalue weighted by molar-refractivity contribution is 0.300. The number of ether oxygens (including phenoxy) is 1. The van der Waals surface area contributed by atoms with E-state index in [4.69, 9.17) is 4.74 Å². The molecule has 0 saturated carbocycles. The van der Waals surface area contributed by atoms with Gasteiger partial charge in [-0.3, -0.25) is 0 Å². The average molecular weight is 356 g/mol. The van der Waals surface area contributed by atoms with E-state index in [2.05, 4.69) is 23.4 Å². The van der Waals surface area contributed by atoms with Crippen LogP contribution in [0, 0.1) is 13.8 Å². The molecule has 3 rings (SSSR count). The quantitative estimate of drug-likeness (QED) is 0.658. The van der Waals surface area contributed by atoms with Crippen LogP contribution < -0.4 is 10.4 Å². The maximum Gasteiger partial charge on any atom is 0.368 e. The monoisotopic (exact) mass is 356 g/mol. The number of tetrazole rings is 1. The van der Waals surface area contributed by atoms with Crippen molar-refractivity contribution in [3.63, 3.8) is 0 Å². The van der Waals surface area contributed by atoms with Crippen molar-refractivity contribution in [2.75, 3.05) is 6.26 Å². The Balaban J connectivity index is 1.99. The van der Waals surface area contributed by atoms with E-state index in [1.807, 2.05) is 43.5 Å². The molecule has 0 aliphatic heterocycles. The van der Waals surface area contributed by atoms with Crippen LogP contribution in [-0.4, -0.2) is 26.0 Å². The summed E-state index contributed by atoms with van der Waals surface area (Å²) in [6, 6.07) is 11.9. The molecule has 1 heterocycles. The van der Waals surface area contributed by atoms with Gasteiger partial charge in [-0.15, -0.1) is 11.8 Å². The molecule has 0 N–H and O–H groups in total. The minimum atomic E-state index is -0.286. The second-order valence-electron chi connectivity index (χ2n) is 5.81. The lowest BCUT2D eigenvalue weighted by atomic mass is 10.1. The Morgan fingerprint density at radius 1 is 1.16 bits per heavy atom. The molecule has 2 aromatic carbocycles. The maximum atomic E-state index is 12.2. The smallest absolute Gasteiger partial charge is 0.368 e. The highest BCUT2D eigenvalue weighted by Gasteiger charge is 2.15. The highest BCUT2D eigenvalue weighted by molar-refractivity contribution is 7.98. The lowest BCUT2D eigenvalue weighted by Gasteiger charge is -2.15. The predicted molar refractivity (Wildman–Crippen MR) is 98.6 cm³/mol. The van der Waals surface area contributed by atoms with Crippen molar-refractivity contribution in [3.8, 4) is 11.4 Å². The summed E-state index contributed by atoms with van der Waals surface area (Å²) in [6.45, 7) is 4.43. The van der Waals surface area contributed by atoms with Crippen LogP contribution in [0.4, 0.5) is 0 Å². The van der Waals surface area contributed by atoms with E-state index in [-0.39, 0.29) is 5.69 Å². The lowest BCUT2D eigenvalue weighted by Crippen LogP contribution is -2.23. The van der Waals surface area contributed by atoms with Gasteiger partial charge in [0.25, 0.3) is 0 Å². The number of aryl methyl sites for hydroxylation is 3. The van der Waals surface area contributed by atoms with E-state index >= 15 is 0 Å².